The minimum absolute atomic E-state index is 1.29. The van der Waals surface area contributed by atoms with Crippen LogP contribution in [0.2, 0.25) is 0 Å². The summed E-state index contributed by atoms with van der Waals surface area (Å²) in [5, 5.41) is 5.22. The normalized spacial score (nSPS) is 11.2. The Hall–Kier alpha value is -2.90. The summed E-state index contributed by atoms with van der Waals surface area (Å²) in [6.07, 6.45) is 0. The molecule has 5 rings (SSSR count). The summed E-state index contributed by atoms with van der Waals surface area (Å²) in [5.41, 5.74) is 2.63. The van der Waals surface area contributed by atoms with Crippen molar-refractivity contribution in [1.82, 2.24) is 0 Å². The fourth-order valence-corrected chi connectivity index (χ4v) is 4.59. The maximum absolute atomic E-state index is 2.25. The molecule has 0 unspecified atom stereocenters. The molecule has 0 bridgehead atoms. The Bertz CT molecular complexity index is 1090. The first-order valence-corrected chi connectivity index (χ1v) is 9.28. The fourth-order valence-electron chi connectivity index (χ4n) is 3.51. The maximum Gasteiger partial charge on any atom is 0.0355 e. The Morgan fingerprint density at radius 2 is 0.840 bits per heavy atom. The van der Waals surface area contributed by atoms with Gasteiger partial charge in [0, 0.05) is 9.75 Å². The van der Waals surface area contributed by atoms with Crippen molar-refractivity contribution in [3.63, 3.8) is 0 Å². The average molecular weight is 336 g/mol. The highest BCUT2D eigenvalue weighted by Crippen LogP contribution is 2.39. The molecule has 0 radical (unpaired) electrons. The van der Waals surface area contributed by atoms with Crippen LogP contribution in [0.3, 0.4) is 0 Å². The first-order valence-electron chi connectivity index (χ1n) is 8.46. The van der Waals surface area contributed by atoms with E-state index >= 15 is 0 Å². The molecule has 1 aromatic heterocycles. The van der Waals surface area contributed by atoms with Crippen molar-refractivity contribution in [1.29, 1.82) is 0 Å². The molecule has 0 saturated heterocycles. The van der Waals surface area contributed by atoms with Crippen LogP contribution in [-0.4, -0.2) is 0 Å². The van der Waals surface area contributed by atoms with E-state index < -0.39 is 0 Å². The van der Waals surface area contributed by atoms with Gasteiger partial charge in [-0.05, 0) is 44.8 Å². The molecule has 5 aromatic rings. The zero-order valence-corrected chi connectivity index (χ0v) is 14.5. The van der Waals surface area contributed by atoms with Crippen LogP contribution in [0, 0.1) is 0 Å². The lowest BCUT2D eigenvalue weighted by atomic mass is 10.0. The predicted molar refractivity (Wildman–Crippen MR) is 110 cm³/mol. The molecule has 0 aliphatic carbocycles. The predicted octanol–water partition coefficient (Wildman–Crippen LogP) is 7.39. The first-order chi connectivity index (χ1) is 12.4. The van der Waals surface area contributed by atoms with Crippen LogP contribution < -0.4 is 0 Å². The van der Waals surface area contributed by atoms with Crippen LogP contribution >= 0.6 is 11.3 Å². The van der Waals surface area contributed by atoms with Crippen LogP contribution in [0.4, 0.5) is 0 Å². The maximum atomic E-state index is 2.25. The van der Waals surface area contributed by atoms with Gasteiger partial charge >= 0.3 is 0 Å². The van der Waals surface area contributed by atoms with Crippen molar-refractivity contribution in [2.45, 2.75) is 0 Å². The van der Waals surface area contributed by atoms with Gasteiger partial charge in [-0.15, -0.1) is 11.3 Å². The molecule has 0 atom stereocenters. The standard InChI is InChI=1S/C24H16S/c1-3-11-19-17(7-1)9-5-13-21(19)23-15-16-24(25-23)22-14-6-10-18-8-2-4-12-20(18)22/h1-16H. The highest BCUT2D eigenvalue weighted by atomic mass is 32.1. The summed E-state index contributed by atoms with van der Waals surface area (Å²) < 4.78 is 0. The third-order valence-electron chi connectivity index (χ3n) is 4.72. The highest BCUT2D eigenvalue weighted by molar-refractivity contribution is 7.19. The van der Waals surface area contributed by atoms with Gasteiger partial charge < -0.3 is 0 Å². The molecular weight excluding hydrogens is 320 g/mol. The van der Waals surface area contributed by atoms with Crippen LogP contribution in [0.15, 0.2) is 97.1 Å². The summed E-state index contributed by atoms with van der Waals surface area (Å²) >= 11 is 1.87. The van der Waals surface area contributed by atoms with E-state index in [0.29, 0.717) is 0 Å². The van der Waals surface area contributed by atoms with E-state index in [4.69, 9.17) is 0 Å². The molecule has 0 aliphatic heterocycles. The van der Waals surface area contributed by atoms with Gasteiger partial charge in [-0.1, -0.05) is 84.9 Å². The third kappa shape index (κ3) is 2.45. The van der Waals surface area contributed by atoms with Gasteiger partial charge in [0.05, 0.1) is 0 Å². The Kier molecular flexibility index (Phi) is 3.39. The molecule has 0 amide bonds. The van der Waals surface area contributed by atoms with Crippen LogP contribution in [0.1, 0.15) is 0 Å². The second-order valence-corrected chi connectivity index (χ2v) is 7.30. The van der Waals surface area contributed by atoms with E-state index in [-0.39, 0.29) is 0 Å². The molecule has 4 aromatic carbocycles. The fraction of sp³-hybridized carbons (Fsp3) is 0. The molecule has 0 aliphatic rings. The Morgan fingerprint density at radius 1 is 0.400 bits per heavy atom. The van der Waals surface area contributed by atoms with E-state index in [1.807, 2.05) is 11.3 Å². The molecule has 118 valence electrons. The Balaban J connectivity index is 1.69. The number of thiophene rings is 1. The van der Waals surface area contributed by atoms with E-state index in [9.17, 15) is 0 Å². The van der Waals surface area contributed by atoms with Gasteiger partial charge in [0.25, 0.3) is 0 Å². The molecule has 0 spiro atoms. The van der Waals surface area contributed by atoms with E-state index in [1.54, 1.807) is 0 Å². The summed E-state index contributed by atoms with van der Waals surface area (Å²) in [7, 11) is 0. The zero-order chi connectivity index (χ0) is 16.6. The van der Waals surface area contributed by atoms with E-state index in [2.05, 4.69) is 97.1 Å². The van der Waals surface area contributed by atoms with Crippen molar-refractivity contribution >= 4 is 32.9 Å². The van der Waals surface area contributed by atoms with Crippen LogP contribution in [-0.2, 0) is 0 Å². The molecular formula is C24H16S. The quantitative estimate of drug-likeness (QED) is 0.315. The lowest BCUT2D eigenvalue weighted by molar-refractivity contribution is 1.73. The number of rotatable bonds is 2. The molecule has 0 nitrogen and oxygen atoms in total. The summed E-state index contributed by atoms with van der Waals surface area (Å²) in [6.45, 7) is 0. The summed E-state index contributed by atoms with van der Waals surface area (Å²) in [5.74, 6) is 0. The third-order valence-corrected chi connectivity index (χ3v) is 5.87. The van der Waals surface area contributed by atoms with Gasteiger partial charge in [0.1, 0.15) is 0 Å². The molecule has 0 N–H and O–H groups in total. The van der Waals surface area contributed by atoms with Crippen molar-refractivity contribution in [2.75, 3.05) is 0 Å². The van der Waals surface area contributed by atoms with Gasteiger partial charge in [-0.25, -0.2) is 0 Å². The molecule has 1 heterocycles. The molecule has 0 saturated carbocycles. The largest absolute Gasteiger partial charge is 0.135 e. The highest BCUT2D eigenvalue weighted by Gasteiger charge is 2.10. The minimum atomic E-state index is 1.29. The first kappa shape index (κ1) is 14.4. The molecule has 0 fully saturated rings. The van der Waals surface area contributed by atoms with Crippen molar-refractivity contribution in [3.8, 4) is 20.9 Å². The molecule has 1 heteroatoms. The second kappa shape index (κ2) is 5.87. The van der Waals surface area contributed by atoms with Crippen molar-refractivity contribution in [2.24, 2.45) is 0 Å². The van der Waals surface area contributed by atoms with Crippen LogP contribution in [0.5, 0.6) is 0 Å². The van der Waals surface area contributed by atoms with Crippen molar-refractivity contribution < 1.29 is 0 Å². The van der Waals surface area contributed by atoms with Gasteiger partial charge in [0.2, 0.25) is 0 Å². The van der Waals surface area contributed by atoms with E-state index in [1.165, 1.54) is 42.4 Å². The minimum Gasteiger partial charge on any atom is -0.135 e. The molecule has 25 heavy (non-hydrogen) atoms. The number of hydrogen-bond donors (Lipinski definition) is 0. The smallest absolute Gasteiger partial charge is 0.0355 e. The SMILES string of the molecule is c1ccc2c(-c3ccc(-c4cccc5ccccc45)s3)cccc2c1. The second-order valence-electron chi connectivity index (χ2n) is 6.22. The average Bonchev–Trinajstić information content (AvgIpc) is 3.17. The topological polar surface area (TPSA) is 0 Å². The van der Waals surface area contributed by atoms with Gasteiger partial charge in [-0.2, -0.15) is 0 Å². The Labute approximate surface area is 151 Å². The van der Waals surface area contributed by atoms with E-state index in [0.717, 1.165) is 0 Å². The monoisotopic (exact) mass is 336 g/mol. The van der Waals surface area contributed by atoms with Gasteiger partial charge in [-0.3, -0.25) is 0 Å². The number of benzene rings is 4. The lowest BCUT2D eigenvalue weighted by Crippen LogP contribution is -1.77. The lowest BCUT2D eigenvalue weighted by Gasteiger charge is -2.05. The summed E-state index contributed by atoms with van der Waals surface area (Å²) in [4.78, 5) is 2.64. The number of fused-ring (bicyclic) bond motifs is 2. The Morgan fingerprint density at radius 3 is 1.36 bits per heavy atom. The van der Waals surface area contributed by atoms with Gasteiger partial charge in [0.15, 0.2) is 0 Å². The number of hydrogen-bond acceptors (Lipinski definition) is 1. The van der Waals surface area contributed by atoms with Crippen LogP contribution in [0.25, 0.3) is 42.4 Å². The van der Waals surface area contributed by atoms with Crippen molar-refractivity contribution in [3.05, 3.63) is 97.1 Å². The summed E-state index contributed by atoms with van der Waals surface area (Å²) in [6, 6.07) is 34.8. The zero-order valence-electron chi connectivity index (χ0n) is 13.6.